The molecule has 0 fully saturated rings. The fourth-order valence-corrected chi connectivity index (χ4v) is 2.02. The van der Waals surface area contributed by atoms with E-state index in [9.17, 15) is 9.59 Å². The Morgan fingerprint density at radius 1 is 1.00 bits per heavy atom. The van der Waals surface area contributed by atoms with Gasteiger partial charge in [-0.2, -0.15) is 0 Å². The highest BCUT2D eigenvalue weighted by atomic mass is 16.5. The molecule has 2 aromatic rings. The molecule has 0 radical (unpaired) electrons. The minimum absolute atomic E-state index is 0.462. The van der Waals surface area contributed by atoms with E-state index >= 15 is 0 Å². The third-order valence-corrected chi connectivity index (χ3v) is 3.38. The second-order valence-corrected chi connectivity index (χ2v) is 5.81. The minimum Gasteiger partial charge on any atom is -0.497 e. The summed E-state index contributed by atoms with van der Waals surface area (Å²) in [6.45, 7) is 2.97. The molecule has 25 heavy (non-hydrogen) atoms. The normalized spacial score (nSPS) is 10.7. The van der Waals surface area contributed by atoms with Crippen LogP contribution < -0.4 is 20.1 Å². The van der Waals surface area contributed by atoms with E-state index < -0.39 is 17.5 Å². The lowest BCUT2D eigenvalue weighted by Gasteiger charge is -2.23. The number of rotatable bonds is 6. The highest BCUT2D eigenvalue weighted by molar-refractivity contribution is 5.99. The largest absolute Gasteiger partial charge is 0.497 e. The van der Waals surface area contributed by atoms with E-state index in [-0.39, 0.29) is 0 Å². The van der Waals surface area contributed by atoms with Crippen molar-refractivity contribution < 1.29 is 24.2 Å². The molecule has 0 aliphatic heterocycles. The first-order valence-electron chi connectivity index (χ1n) is 7.55. The number of methoxy groups -OCH3 is 1. The molecule has 0 aromatic heterocycles. The second kappa shape index (κ2) is 7.57. The Bertz CT molecular complexity index is 756. The van der Waals surface area contributed by atoms with E-state index in [0.717, 1.165) is 0 Å². The zero-order chi connectivity index (χ0) is 18.4. The van der Waals surface area contributed by atoms with E-state index in [2.05, 4.69) is 10.6 Å². The number of benzene rings is 2. The van der Waals surface area contributed by atoms with Crippen LogP contribution in [0.4, 0.5) is 10.5 Å². The van der Waals surface area contributed by atoms with Gasteiger partial charge in [-0.25, -0.2) is 4.79 Å². The van der Waals surface area contributed by atoms with Crippen molar-refractivity contribution in [2.24, 2.45) is 0 Å². The van der Waals surface area contributed by atoms with Gasteiger partial charge in [0.15, 0.2) is 0 Å². The van der Waals surface area contributed by atoms with Crippen LogP contribution in [0.25, 0.3) is 0 Å². The molecule has 0 bridgehead atoms. The number of carbonyl (C=O) groups excluding carboxylic acids is 1. The fraction of sp³-hybridized carbons (Fsp3) is 0.222. The first-order valence-corrected chi connectivity index (χ1v) is 7.55. The monoisotopic (exact) mass is 344 g/mol. The van der Waals surface area contributed by atoms with Crippen molar-refractivity contribution in [2.75, 3.05) is 12.4 Å². The zero-order valence-electron chi connectivity index (χ0n) is 14.2. The number of amides is 2. The summed E-state index contributed by atoms with van der Waals surface area (Å²) in [4.78, 5) is 22.9. The van der Waals surface area contributed by atoms with Crippen LogP contribution in [-0.2, 0) is 4.79 Å². The highest BCUT2D eigenvalue weighted by Crippen LogP contribution is 2.26. The van der Waals surface area contributed by atoms with E-state index in [1.165, 1.54) is 13.8 Å². The third kappa shape index (κ3) is 5.13. The Balaban J connectivity index is 2.02. The van der Waals surface area contributed by atoms with Crippen LogP contribution in [0.3, 0.4) is 0 Å². The molecule has 2 amide bonds. The topological polar surface area (TPSA) is 96.9 Å². The van der Waals surface area contributed by atoms with Crippen LogP contribution in [0.5, 0.6) is 17.2 Å². The SMILES string of the molecule is COc1cccc(Oc2ccc(NC(=O)C(C)(C)NC(=O)O)cc2)c1. The molecule has 7 nitrogen and oxygen atoms in total. The Kier molecular flexibility index (Phi) is 5.49. The number of anilines is 1. The summed E-state index contributed by atoms with van der Waals surface area (Å²) >= 11 is 0. The summed E-state index contributed by atoms with van der Waals surface area (Å²) in [6.07, 6.45) is -1.26. The first kappa shape index (κ1) is 18.1. The van der Waals surface area contributed by atoms with Gasteiger partial charge in [0.1, 0.15) is 22.8 Å². The maximum absolute atomic E-state index is 12.1. The fourth-order valence-electron chi connectivity index (χ4n) is 2.02. The lowest BCUT2D eigenvalue weighted by molar-refractivity contribution is -0.121. The van der Waals surface area contributed by atoms with Gasteiger partial charge in [0.05, 0.1) is 7.11 Å². The summed E-state index contributed by atoms with van der Waals surface area (Å²) in [5, 5.41) is 13.6. The summed E-state index contributed by atoms with van der Waals surface area (Å²) in [5.74, 6) is 1.45. The van der Waals surface area contributed by atoms with Crippen LogP contribution in [0.15, 0.2) is 48.5 Å². The summed E-state index contributed by atoms with van der Waals surface area (Å²) < 4.78 is 10.9. The van der Waals surface area contributed by atoms with Crippen molar-refractivity contribution in [3.8, 4) is 17.2 Å². The maximum atomic E-state index is 12.1. The lowest BCUT2D eigenvalue weighted by atomic mass is 10.0. The van der Waals surface area contributed by atoms with Crippen LogP contribution >= 0.6 is 0 Å². The Morgan fingerprint density at radius 3 is 2.24 bits per heavy atom. The molecule has 3 N–H and O–H groups in total. The number of carboxylic acid groups (broad SMARTS) is 1. The van der Waals surface area contributed by atoms with Crippen molar-refractivity contribution in [1.82, 2.24) is 5.32 Å². The van der Waals surface area contributed by atoms with Crippen molar-refractivity contribution in [3.63, 3.8) is 0 Å². The Hall–Kier alpha value is -3.22. The molecule has 7 heteroatoms. The summed E-state index contributed by atoms with van der Waals surface area (Å²) in [5.41, 5.74) is -0.718. The quantitative estimate of drug-likeness (QED) is 0.745. The summed E-state index contributed by atoms with van der Waals surface area (Å²) in [6, 6.07) is 13.9. The number of hydrogen-bond acceptors (Lipinski definition) is 4. The standard InChI is InChI=1S/C18H20N2O5/c1-18(2,20-17(22)23)16(21)19-12-7-9-13(10-8-12)25-15-6-4-5-14(11-15)24-3/h4-11,20H,1-3H3,(H,19,21)(H,22,23). The maximum Gasteiger partial charge on any atom is 0.405 e. The van der Waals surface area contributed by atoms with Gasteiger partial charge in [-0.05, 0) is 50.2 Å². The molecule has 0 atom stereocenters. The Labute approximate surface area is 145 Å². The number of hydrogen-bond donors (Lipinski definition) is 3. The van der Waals surface area contributed by atoms with Crippen LogP contribution in [0.2, 0.25) is 0 Å². The molecule has 0 aliphatic rings. The van der Waals surface area contributed by atoms with Crippen molar-refractivity contribution in [3.05, 3.63) is 48.5 Å². The predicted molar refractivity (Wildman–Crippen MR) is 93.4 cm³/mol. The van der Waals surface area contributed by atoms with E-state index in [1.807, 2.05) is 12.1 Å². The predicted octanol–water partition coefficient (Wildman–Crippen LogP) is 3.47. The van der Waals surface area contributed by atoms with E-state index in [0.29, 0.717) is 22.9 Å². The molecule has 0 aliphatic carbocycles. The van der Waals surface area contributed by atoms with Gasteiger partial charge in [0.2, 0.25) is 5.91 Å². The van der Waals surface area contributed by atoms with Gasteiger partial charge in [0, 0.05) is 11.8 Å². The van der Waals surface area contributed by atoms with Crippen molar-refractivity contribution >= 4 is 17.7 Å². The molecular formula is C18H20N2O5. The molecule has 0 saturated heterocycles. The first-order chi connectivity index (χ1) is 11.8. The molecule has 0 saturated carbocycles. The van der Waals surface area contributed by atoms with Crippen LogP contribution in [0.1, 0.15) is 13.8 Å². The van der Waals surface area contributed by atoms with Crippen molar-refractivity contribution in [1.29, 1.82) is 0 Å². The summed E-state index contributed by atoms with van der Waals surface area (Å²) in [7, 11) is 1.58. The van der Waals surface area contributed by atoms with Gasteiger partial charge in [-0.3, -0.25) is 4.79 Å². The van der Waals surface area contributed by atoms with Gasteiger partial charge < -0.3 is 25.2 Å². The lowest BCUT2D eigenvalue weighted by Crippen LogP contribution is -2.51. The van der Waals surface area contributed by atoms with Gasteiger partial charge >= 0.3 is 6.09 Å². The average molecular weight is 344 g/mol. The minimum atomic E-state index is -1.26. The van der Waals surface area contributed by atoms with E-state index in [1.54, 1.807) is 43.5 Å². The zero-order valence-corrected chi connectivity index (χ0v) is 14.2. The second-order valence-electron chi connectivity index (χ2n) is 5.81. The molecule has 2 aromatic carbocycles. The van der Waals surface area contributed by atoms with Crippen molar-refractivity contribution in [2.45, 2.75) is 19.4 Å². The van der Waals surface area contributed by atoms with Gasteiger partial charge in [-0.15, -0.1) is 0 Å². The van der Waals surface area contributed by atoms with Gasteiger partial charge in [-0.1, -0.05) is 6.07 Å². The Morgan fingerprint density at radius 2 is 1.64 bits per heavy atom. The molecule has 0 unspecified atom stereocenters. The van der Waals surface area contributed by atoms with Crippen LogP contribution in [0, 0.1) is 0 Å². The molecular weight excluding hydrogens is 324 g/mol. The highest BCUT2D eigenvalue weighted by Gasteiger charge is 2.29. The molecule has 2 rings (SSSR count). The molecule has 0 heterocycles. The third-order valence-electron chi connectivity index (χ3n) is 3.38. The van der Waals surface area contributed by atoms with Crippen LogP contribution in [-0.4, -0.2) is 29.8 Å². The van der Waals surface area contributed by atoms with E-state index in [4.69, 9.17) is 14.6 Å². The number of nitrogens with one attached hydrogen (secondary N) is 2. The smallest absolute Gasteiger partial charge is 0.405 e. The van der Waals surface area contributed by atoms with Gasteiger partial charge in [0.25, 0.3) is 0 Å². The molecule has 0 spiro atoms. The molecule has 132 valence electrons. The number of carbonyl (C=O) groups is 2. The average Bonchev–Trinajstić information content (AvgIpc) is 2.55. The number of ether oxygens (including phenoxy) is 2.